The Morgan fingerprint density at radius 1 is 1.17 bits per heavy atom. The Labute approximate surface area is 176 Å². The molecule has 4 aromatic rings. The van der Waals surface area contributed by atoms with E-state index >= 15 is 0 Å². The summed E-state index contributed by atoms with van der Waals surface area (Å²) in [6.45, 7) is 3.83. The molecule has 0 radical (unpaired) electrons. The van der Waals surface area contributed by atoms with Crippen molar-refractivity contribution in [2.24, 2.45) is 0 Å². The maximum atomic E-state index is 12.8. The molecule has 0 spiro atoms. The highest BCUT2D eigenvalue weighted by molar-refractivity contribution is 7.14. The molecule has 0 bridgehead atoms. The molecule has 1 amide bonds. The van der Waals surface area contributed by atoms with Crippen molar-refractivity contribution in [2.75, 3.05) is 5.32 Å². The van der Waals surface area contributed by atoms with Crippen molar-refractivity contribution in [3.05, 3.63) is 87.0 Å². The number of carbonyl (C=O) groups is 1. The van der Waals surface area contributed by atoms with Crippen LogP contribution in [0.2, 0.25) is 0 Å². The minimum Gasteiger partial charge on any atom is -0.298 e. The summed E-state index contributed by atoms with van der Waals surface area (Å²) in [7, 11) is 0. The molecular weight excluding hydrogens is 402 g/mol. The highest BCUT2D eigenvalue weighted by Gasteiger charge is 2.18. The predicted octanol–water partition coefficient (Wildman–Crippen LogP) is 4.77. The number of thiazole rings is 1. The van der Waals surface area contributed by atoms with Crippen LogP contribution in [0, 0.1) is 24.0 Å². The van der Waals surface area contributed by atoms with Gasteiger partial charge in [-0.2, -0.15) is 5.10 Å². The van der Waals surface area contributed by atoms with Crippen LogP contribution in [0.3, 0.4) is 0 Å². The Bertz CT molecular complexity index is 1260. The smallest absolute Gasteiger partial charge is 0.270 e. The van der Waals surface area contributed by atoms with Crippen molar-refractivity contribution in [1.82, 2.24) is 14.8 Å². The maximum Gasteiger partial charge on any atom is 0.270 e. The monoisotopic (exact) mass is 419 g/mol. The van der Waals surface area contributed by atoms with Gasteiger partial charge in [0.05, 0.1) is 33.8 Å². The van der Waals surface area contributed by atoms with Gasteiger partial charge in [0.2, 0.25) is 0 Å². The van der Waals surface area contributed by atoms with Gasteiger partial charge >= 0.3 is 0 Å². The Balaban J connectivity index is 1.55. The first kappa shape index (κ1) is 19.5. The molecule has 0 aliphatic rings. The van der Waals surface area contributed by atoms with Crippen molar-refractivity contribution in [3.8, 4) is 16.9 Å². The summed E-state index contributed by atoms with van der Waals surface area (Å²) in [5.41, 5.74) is 4.30. The van der Waals surface area contributed by atoms with Crippen LogP contribution in [0.4, 0.5) is 10.8 Å². The zero-order valence-electron chi connectivity index (χ0n) is 16.2. The molecule has 0 saturated carbocycles. The molecule has 0 saturated heterocycles. The fourth-order valence-corrected chi connectivity index (χ4v) is 3.80. The number of anilines is 1. The number of para-hydroxylation sites is 1. The highest BCUT2D eigenvalue weighted by Crippen LogP contribution is 2.28. The van der Waals surface area contributed by atoms with Gasteiger partial charge in [0.25, 0.3) is 11.6 Å². The predicted molar refractivity (Wildman–Crippen MR) is 115 cm³/mol. The number of hydrogen-bond donors (Lipinski definition) is 1. The number of hydrogen-bond acceptors (Lipinski definition) is 6. The molecule has 2 heterocycles. The number of nitrogens with one attached hydrogen (secondary N) is 1. The molecular formula is C21H17N5O3S. The minimum atomic E-state index is -0.451. The quantitative estimate of drug-likeness (QED) is 0.371. The average Bonchev–Trinajstić information content (AvgIpc) is 3.35. The number of non-ortho nitro benzene ring substituents is 1. The molecule has 150 valence electrons. The zero-order chi connectivity index (χ0) is 21.3. The van der Waals surface area contributed by atoms with Gasteiger partial charge in [0.1, 0.15) is 0 Å². The summed E-state index contributed by atoms with van der Waals surface area (Å²) >= 11 is 1.25. The summed E-state index contributed by atoms with van der Waals surface area (Å²) in [5.74, 6) is -0.313. The van der Waals surface area contributed by atoms with Gasteiger partial charge in [-0.1, -0.05) is 30.3 Å². The Hall–Kier alpha value is -3.85. The summed E-state index contributed by atoms with van der Waals surface area (Å²) in [6.07, 6.45) is 1.53. The number of nitro groups is 1. The van der Waals surface area contributed by atoms with E-state index in [2.05, 4.69) is 15.4 Å². The van der Waals surface area contributed by atoms with Crippen molar-refractivity contribution in [2.45, 2.75) is 13.8 Å². The van der Waals surface area contributed by atoms with Gasteiger partial charge in [-0.15, -0.1) is 11.3 Å². The fourth-order valence-electron chi connectivity index (χ4n) is 3.08. The number of carbonyl (C=O) groups excluding carboxylic acids is 1. The van der Waals surface area contributed by atoms with E-state index in [9.17, 15) is 14.9 Å². The molecule has 0 aliphatic heterocycles. The van der Waals surface area contributed by atoms with Crippen molar-refractivity contribution in [1.29, 1.82) is 0 Å². The van der Waals surface area contributed by atoms with E-state index in [0.29, 0.717) is 22.0 Å². The van der Waals surface area contributed by atoms with E-state index in [4.69, 9.17) is 0 Å². The van der Waals surface area contributed by atoms with Crippen LogP contribution in [-0.4, -0.2) is 25.6 Å². The maximum absolute atomic E-state index is 12.8. The van der Waals surface area contributed by atoms with Crippen LogP contribution in [0.25, 0.3) is 16.9 Å². The van der Waals surface area contributed by atoms with E-state index in [0.717, 1.165) is 16.9 Å². The lowest BCUT2D eigenvalue weighted by molar-refractivity contribution is -0.384. The fraction of sp³-hybridized carbons (Fsp3) is 0.0952. The first-order valence-electron chi connectivity index (χ1n) is 9.06. The third-order valence-electron chi connectivity index (χ3n) is 4.68. The number of aryl methyl sites for hydroxylation is 1. The second-order valence-corrected chi connectivity index (χ2v) is 7.50. The third kappa shape index (κ3) is 3.70. The molecule has 2 aromatic heterocycles. The van der Waals surface area contributed by atoms with Crippen LogP contribution >= 0.6 is 11.3 Å². The molecule has 0 atom stereocenters. The van der Waals surface area contributed by atoms with E-state index in [1.807, 2.05) is 38.1 Å². The van der Waals surface area contributed by atoms with Gasteiger partial charge < -0.3 is 0 Å². The van der Waals surface area contributed by atoms with Gasteiger partial charge in [-0.3, -0.25) is 20.2 Å². The summed E-state index contributed by atoms with van der Waals surface area (Å²) in [5, 5.41) is 20.3. The Morgan fingerprint density at radius 3 is 2.73 bits per heavy atom. The van der Waals surface area contributed by atoms with Gasteiger partial charge in [-0.05, 0) is 25.5 Å². The summed E-state index contributed by atoms with van der Waals surface area (Å²) in [6, 6.07) is 14.0. The first-order valence-corrected chi connectivity index (χ1v) is 9.94. The van der Waals surface area contributed by atoms with E-state index in [-0.39, 0.29) is 11.6 Å². The standard InChI is InChI=1S/C21H17N5O3S/c1-13-6-3-4-9-19(13)25-14(2)17(11-22-25)20(27)24-21-23-18(12-30-21)15-7-5-8-16(10-15)26(28)29/h3-12H,1-2H3,(H,23,24,27). The van der Waals surface area contributed by atoms with E-state index < -0.39 is 4.92 Å². The lowest BCUT2D eigenvalue weighted by atomic mass is 10.1. The van der Waals surface area contributed by atoms with Crippen LogP contribution in [-0.2, 0) is 0 Å². The molecule has 8 nitrogen and oxygen atoms in total. The normalized spacial score (nSPS) is 10.7. The third-order valence-corrected chi connectivity index (χ3v) is 5.43. The van der Waals surface area contributed by atoms with Gasteiger partial charge in [0.15, 0.2) is 5.13 Å². The van der Waals surface area contributed by atoms with Crippen LogP contribution in [0.1, 0.15) is 21.6 Å². The lowest BCUT2D eigenvalue weighted by Gasteiger charge is -2.08. The van der Waals surface area contributed by atoms with Crippen molar-refractivity contribution in [3.63, 3.8) is 0 Å². The molecule has 0 unspecified atom stereocenters. The topological polar surface area (TPSA) is 103 Å². The first-order chi connectivity index (χ1) is 14.4. The number of benzene rings is 2. The molecule has 0 aliphatic carbocycles. The van der Waals surface area contributed by atoms with Crippen LogP contribution < -0.4 is 5.32 Å². The molecule has 0 fully saturated rings. The Morgan fingerprint density at radius 2 is 1.97 bits per heavy atom. The lowest BCUT2D eigenvalue weighted by Crippen LogP contribution is -2.13. The van der Waals surface area contributed by atoms with Gasteiger partial charge in [-0.25, -0.2) is 9.67 Å². The molecule has 2 aromatic carbocycles. The largest absolute Gasteiger partial charge is 0.298 e. The Kier molecular flexibility index (Phi) is 5.11. The van der Waals surface area contributed by atoms with E-state index in [1.165, 1.54) is 29.7 Å². The van der Waals surface area contributed by atoms with Crippen molar-refractivity contribution < 1.29 is 9.72 Å². The second-order valence-electron chi connectivity index (χ2n) is 6.64. The van der Waals surface area contributed by atoms with E-state index in [1.54, 1.807) is 22.2 Å². The zero-order valence-corrected chi connectivity index (χ0v) is 17.0. The average molecular weight is 419 g/mol. The summed E-state index contributed by atoms with van der Waals surface area (Å²) in [4.78, 5) is 27.7. The molecule has 30 heavy (non-hydrogen) atoms. The molecule has 9 heteroatoms. The van der Waals surface area contributed by atoms with Crippen molar-refractivity contribution >= 4 is 28.1 Å². The highest BCUT2D eigenvalue weighted by atomic mass is 32.1. The second kappa shape index (κ2) is 7.88. The minimum absolute atomic E-state index is 0.00895. The van der Waals surface area contributed by atoms with Gasteiger partial charge in [0, 0.05) is 23.1 Å². The molecule has 1 N–H and O–H groups in total. The SMILES string of the molecule is Cc1ccccc1-n1ncc(C(=O)Nc2nc(-c3cccc([N+](=O)[O-])c3)cs2)c1C. The number of aromatic nitrogens is 3. The number of nitrogens with zero attached hydrogens (tertiary/aromatic N) is 4. The summed E-state index contributed by atoms with van der Waals surface area (Å²) < 4.78 is 1.74. The van der Waals surface area contributed by atoms with Crippen LogP contribution in [0.5, 0.6) is 0 Å². The van der Waals surface area contributed by atoms with Crippen LogP contribution in [0.15, 0.2) is 60.1 Å². The number of amides is 1. The number of nitro benzene ring substituents is 1. The molecule has 4 rings (SSSR count). The number of rotatable bonds is 5.